The van der Waals surface area contributed by atoms with Gasteiger partial charge < -0.3 is 5.11 Å². The van der Waals surface area contributed by atoms with Gasteiger partial charge in [-0.2, -0.15) is 0 Å². The van der Waals surface area contributed by atoms with Crippen molar-refractivity contribution in [1.29, 1.82) is 0 Å². The third kappa shape index (κ3) is 1.81. The highest BCUT2D eigenvalue weighted by atomic mass is 79.9. The highest BCUT2D eigenvalue weighted by Gasteiger charge is 2.20. The second kappa shape index (κ2) is 3.59. The van der Waals surface area contributed by atoms with E-state index in [-0.39, 0.29) is 0 Å². The van der Waals surface area contributed by atoms with Crippen LogP contribution < -0.4 is 0 Å². The molecule has 0 amide bonds. The van der Waals surface area contributed by atoms with Gasteiger partial charge >= 0.3 is 5.97 Å². The Kier molecular flexibility index (Phi) is 2.87. The van der Waals surface area contributed by atoms with Gasteiger partial charge in [-0.15, -0.1) is 0 Å². The van der Waals surface area contributed by atoms with E-state index in [1.807, 2.05) is 0 Å². The SMILES string of the molecule is O=C(O)c1c(Cl)cc(F)c(Br)c1F. The van der Waals surface area contributed by atoms with E-state index in [4.69, 9.17) is 16.7 Å². The second-order valence-corrected chi connectivity index (χ2v) is 3.35. The van der Waals surface area contributed by atoms with Crippen LogP contribution in [-0.2, 0) is 0 Å². The van der Waals surface area contributed by atoms with Crippen molar-refractivity contribution >= 4 is 33.5 Å². The maximum atomic E-state index is 13.0. The highest BCUT2D eigenvalue weighted by Crippen LogP contribution is 2.28. The number of carboxylic acid groups (broad SMARTS) is 1. The molecule has 0 spiro atoms. The van der Waals surface area contributed by atoms with E-state index in [1.54, 1.807) is 0 Å². The van der Waals surface area contributed by atoms with Gasteiger partial charge in [0.05, 0.1) is 9.50 Å². The first kappa shape index (κ1) is 10.4. The lowest BCUT2D eigenvalue weighted by molar-refractivity contribution is 0.0692. The lowest BCUT2D eigenvalue weighted by atomic mass is 10.2. The summed E-state index contributed by atoms with van der Waals surface area (Å²) in [5.74, 6) is -3.69. The number of hydrogen-bond donors (Lipinski definition) is 1. The molecule has 70 valence electrons. The highest BCUT2D eigenvalue weighted by molar-refractivity contribution is 9.10. The van der Waals surface area contributed by atoms with Gasteiger partial charge in [0, 0.05) is 0 Å². The van der Waals surface area contributed by atoms with Crippen molar-refractivity contribution in [3.05, 3.63) is 32.8 Å². The Morgan fingerprint density at radius 1 is 1.54 bits per heavy atom. The van der Waals surface area contributed by atoms with Crippen LogP contribution in [0.3, 0.4) is 0 Å². The summed E-state index contributed by atoms with van der Waals surface area (Å²) in [6.45, 7) is 0. The molecular weight excluding hydrogens is 269 g/mol. The molecule has 1 aromatic carbocycles. The van der Waals surface area contributed by atoms with Gasteiger partial charge in [-0.25, -0.2) is 13.6 Å². The topological polar surface area (TPSA) is 37.3 Å². The third-order valence-corrected chi connectivity index (χ3v) is 2.35. The zero-order valence-corrected chi connectivity index (χ0v) is 8.29. The van der Waals surface area contributed by atoms with Crippen LogP contribution in [0.5, 0.6) is 0 Å². The Balaban J connectivity index is 3.53. The molecule has 0 saturated carbocycles. The van der Waals surface area contributed by atoms with Crippen LogP contribution in [0.2, 0.25) is 5.02 Å². The lowest BCUT2D eigenvalue weighted by Crippen LogP contribution is -2.03. The van der Waals surface area contributed by atoms with Crippen molar-refractivity contribution in [2.45, 2.75) is 0 Å². The first-order valence-electron chi connectivity index (χ1n) is 3.01. The molecule has 0 fully saturated rings. The molecule has 0 atom stereocenters. The average Bonchev–Trinajstić information content (AvgIpc) is 1.99. The number of benzene rings is 1. The number of carbonyl (C=O) groups is 1. The van der Waals surface area contributed by atoms with Gasteiger partial charge in [0.15, 0.2) is 5.82 Å². The molecule has 0 saturated heterocycles. The third-order valence-electron chi connectivity index (χ3n) is 1.33. The van der Waals surface area contributed by atoms with Crippen molar-refractivity contribution in [1.82, 2.24) is 0 Å². The van der Waals surface area contributed by atoms with Crippen molar-refractivity contribution < 1.29 is 18.7 Å². The maximum Gasteiger partial charge on any atom is 0.340 e. The molecule has 13 heavy (non-hydrogen) atoms. The lowest BCUT2D eigenvalue weighted by Gasteiger charge is -2.03. The molecule has 0 bridgehead atoms. The molecule has 1 rings (SSSR count). The molecule has 1 N–H and O–H groups in total. The fraction of sp³-hybridized carbons (Fsp3) is 0. The summed E-state index contributed by atoms with van der Waals surface area (Å²) in [5, 5.41) is 8.03. The van der Waals surface area contributed by atoms with E-state index >= 15 is 0 Å². The van der Waals surface area contributed by atoms with Gasteiger partial charge in [0.1, 0.15) is 11.4 Å². The zero-order valence-electron chi connectivity index (χ0n) is 5.94. The minimum atomic E-state index is -1.54. The van der Waals surface area contributed by atoms with Crippen LogP contribution >= 0.6 is 27.5 Å². The fourth-order valence-electron chi connectivity index (χ4n) is 0.762. The van der Waals surface area contributed by atoms with Crippen LogP contribution in [0.1, 0.15) is 10.4 Å². The van der Waals surface area contributed by atoms with Gasteiger partial charge in [-0.3, -0.25) is 0 Å². The number of carboxylic acids is 1. The van der Waals surface area contributed by atoms with Crippen molar-refractivity contribution in [2.75, 3.05) is 0 Å². The van der Waals surface area contributed by atoms with Gasteiger partial charge in [-0.05, 0) is 22.0 Å². The maximum absolute atomic E-state index is 13.0. The summed E-state index contributed by atoms with van der Waals surface area (Å²) >= 11 is 7.88. The Bertz CT molecular complexity index is 381. The van der Waals surface area contributed by atoms with Crippen LogP contribution in [0, 0.1) is 11.6 Å². The summed E-state index contributed by atoms with van der Waals surface area (Å²) in [6.07, 6.45) is 0. The number of halogens is 4. The predicted molar refractivity (Wildman–Crippen MR) is 46.0 cm³/mol. The van der Waals surface area contributed by atoms with E-state index in [1.165, 1.54) is 0 Å². The Morgan fingerprint density at radius 3 is 2.54 bits per heavy atom. The minimum Gasteiger partial charge on any atom is -0.478 e. The van der Waals surface area contributed by atoms with Gasteiger partial charge in [0.2, 0.25) is 0 Å². The standard InChI is InChI=1S/C7H2BrClF2O2/c8-5-3(10)1-2(9)4(6(5)11)7(12)13/h1H,(H,12,13). The van der Waals surface area contributed by atoms with E-state index in [0.29, 0.717) is 0 Å². The molecule has 0 radical (unpaired) electrons. The monoisotopic (exact) mass is 270 g/mol. The molecule has 0 aliphatic carbocycles. The molecule has 2 nitrogen and oxygen atoms in total. The number of hydrogen-bond acceptors (Lipinski definition) is 1. The van der Waals surface area contributed by atoms with Crippen LogP contribution in [0.4, 0.5) is 8.78 Å². The molecule has 1 aromatic rings. The first-order valence-corrected chi connectivity index (χ1v) is 4.18. The molecule has 0 aliphatic heterocycles. The molecule has 6 heteroatoms. The summed E-state index contributed by atoms with van der Waals surface area (Å²) in [7, 11) is 0. The Labute approximate surface area is 85.3 Å². The van der Waals surface area contributed by atoms with E-state index in [9.17, 15) is 13.6 Å². The number of aromatic carboxylic acids is 1. The predicted octanol–water partition coefficient (Wildman–Crippen LogP) is 3.08. The smallest absolute Gasteiger partial charge is 0.340 e. The minimum absolute atomic E-state index is 0.467. The van der Waals surface area contributed by atoms with Gasteiger partial charge in [-0.1, -0.05) is 11.6 Å². The second-order valence-electron chi connectivity index (χ2n) is 2.15. The molecule has 0 heterocycles. The summed E-state index contributed by atoms with van der Waals surface area (Å²) in [5.41, 5.74) is -0.741. The van der Waals surface area contributed by atoms with Crippen molar-refractivity contribution in [2.24, 2.45) is 0 Å². The van der Waals surface area contributed by atoms with E-state index in [0.717, 1.165) is 6.07 Å². The summed E-state index contributed by atoms with van der Waals surface area (Å²) in [4.78, 5) is 10.4. The fourth-order valence-corrected chi connectivity index (χ4v) is 1.33. The average molecular weight is 271 g/mol. The molecule has 0 unspecified atom stereocenters. The summed E-state index contributed by atoms with van der Waals surface area (Å²) in [6, 6.07) is 0.734. The van der Waals surface area contributed by atoms with Gasteiger partial charge in [0.25, 0.3) is 0 Å². The van der Waals surface area contributed by atoms with E-state index in [2.05, 4.69) is 15.9 Å². The Hall–Kier alpha value is -0.680. The summed E-state index contributed by atoms with van der Waals surface area (Å²) < 4.78 is 25.2. The molecule has 0 aromatic heterocycles. The quantitative estimate of drug-likeness (QED) is 0.629. The Morgan fingerprint density at radius 2 is 2.08 bits per heavy atom. The van der Waals surface area contributed by atoms with Crippen LogP contribution in [-0.4, -0.2) is 11.1 Å². The van der Waals surface area contributed by atoms with Crippen LogP contribution in [0.15, 0.2) is 10.5 Å². The molecular formula is C7H2BrClF2O2. The van der Waals surface area contributed by atoms with Crippen LogP contribution in [0.25, 0.3) is 0 Å². The molecule has 0 aliphatic rings. The normalized spacial score (nSPS) is 10.2. The number of rotatable bonds is 1. The van der Waals surface area contributed by atoms with Crippen molar-refractivity contribution in [3.8, 4) is 0 Å². The largest absolute Gasteiger partial charge is 0.478 e. The van der Waals surface area contributed by atoms with E-state index < -0.39 is 32.7 Å². The first-order chi connectivity index (χ1) is 5.95. The zero-order chi connectivity index (χ0) is 10.2. The van der Waals surface area contributed by atoms with Crippen molar-refractivity contribution in [3.63, 3.8) is 0 Å².